The fraction of sp³-hybridized carbons (Fsp3) is 1.00. The lowest BCUT2D eigenvalue weighted by atomic mass is 10.1. The highest BCUT2D eigenvalue weighted by atomic mass is 15.2. The van der Waals surface area contributed by atoms with Crippen molar-refractivity contribution in [3.8, 4) is 0 Å². The highest BCUT2D eigenvalue weighted by Gasteiger charge is 2.15. The van der Waals surface area contributed by atoms with Crippen molar-refractivity contribution in [3.05, 3.63) is 0 Å². The van der Waals surface area contributed by atoms with E-state index in [9.17, 15) is 0 Å². The lowest BCUT2D eigenvalue weighted by Gasteiger charge is -2.32. The molecule has 0 aliphatic rings. The normalized spacial score (nSPS) is 13.9. The molecule has 0 bridgehead atoms. The van der Waals surface area contributed by atoms with Crippen LogP contribution in [-0.2, 0) is 0 Å². The van der Waals surface area contributed by atoms with Gasteiger partial charge in [0, 0.05) is 31.7 Å². The van der Waals surface area contributed by atoms with Crippen LogP contribution in [0.2, 0.25) is 0 Å². The van der Waals surface area contributed by atoms with E-state index in [1.165, 1.54) is 25.9 Å². The highest BCUT2D eigenvalue weighted by Crippen LogP contribution is 2.05. The van der Waals surface area contributed by atoms with Gasteiger partial charge in [-0.3, -0.25) is 4.90 Å². The molecule has 0 aliphatic heterocycles. The van der Waals surface area contributed by atoms with Gasteiger partial charge in [0.1, 0.15) is 0 Å². The molecular weight excluding hydrogens is 210 g/mol. The minimum Gasteiger partial charge on any atom is -0.313 e. The molecule has 0 radical (unpaired) electrons. The fourth-order valence-electron chi connectivity index (χ4n) is 2.00. The summed E-state index contributed by atoms with van der Waals surface area (Å²) in [5, 5.41) is 3.57. The molecule has 0 aromatic heterocycles. The molecule has 104 valence electrons. The third-order valence-electron chi connectivity index (χ3n) is 3.09. The fourth-order valence-corrected chi connectivity index (χ4v) is 2.00. The largest absolute Gasteiger partial charge is 0.313 e. The first-order chi connectivity index (χ1) is 8.01. The summed E-state index contributed by atoms with van der Waals surface area (Å²) in [5.41, 5.74) is 0. The maximum atomic E-state index is 3.57. The van der Waals surface area contributed by atoms with Gasteiger partial charge < -0.3 is 10.2 Å². The molecule has 3 nitrogen and oxygen atoms in total. The van der Waals surface area contributed by atoms with E-state index in [4.69, 9.17) is 0 Å². The standard InChI is InChI=1S/C14H33N3/c1-7-9-17(11-10-16(5)6)14(8-2)12-15-13(3)4/h13-15H,7-12H2,1-6H3. The lowest BCUT2D eigenvalue weighted by molar-refractivity contribution is 0.168. The van der Waals surface area contributed by atoms with Crippen molar-refractivity contribution in [3.63, 3.8) is 0 Å². The van der Waals surface area contributed by atoms with Crippen LogP contribution in [0.3, 0.4) is 0 Å². The second-order valence-electron chi connectivity index (χ2n) is 5.46. The summed E-state index contributed by atoms with van der Waals surface area (Å²) in [6.07, 6.45) is 2.47. The van der Waals surface area contributed by atoms with Gasteiger partial charge in [-0.05, 0) is 33.5 Å². The predicted octanol–water partition coefficient (Wildman–Crippen LogP) is 2.04. The molecule has 0 aliphatic carbocycles. The van der Waals surface area contributed by atoms with Gasteiger partial charge in [0.15, 0.2) is 0 Å². The molecule has 0 aromatic rings. The number of nitrogens with one attached hydrogen (secondary N) is 1. The Hall–Kier alpha value is -0.120. The molecule has 0 heterocycles. The Balaban J connectivity index is 4.19. The van der Waals surface area contributed by atoms with Crippen molar-refractivity contribution >= 4 is 0 Å². The molecule has 0 amide bonds. The van der Waals surface area contributed by atoms with E-state index in [0.717, 1.165) is 13.1 Å². The maximum absolute atomic E-state index is 3.57. The van der Waals surface area contributed by atoms with E-state index in [1.54, 1.807) is 0 Å². The summed E-state index contributed by atoms with van der Waals surface area (Å²) in [7, 11) is 4.30. The number of likely N-dealkylation sites (N-methyl/N-ethyl adjacent to an activating group) is 1. The van der Waals surface area contributed by atoms with Crippen molar-refractivity contribution in [1.29, 1.82) is 0 Å². The van der Waals surface area contributed by atoms with Crippen LogP contribution in [0.4, 0.5) is 0 Å². The van der Waals surface area contributed by atoms with Crippen LogP contribution in [0.15, 0.2) is 0 Å². The van der Waals surface area contributed by atoms with Crippen LogP contribution in [0, 0.1) is 0 Å². The molecule has 0 rings (SSSR count). The number of hydrogen-bond acceptors (Lipinski definition) is 3. The summed E-state index contributed by atoms with van der Waals surface area (Å²) >= 11 is 0. The molecule has 1 unspecified atom stereocenters. The van der Waals surface area contributed by atoms with Gasteiger partial charge in [0.25, 0.3) is 0 Å². The van der Waals surface area contributed by atoms with E-state index in [1.807, 2.05) is 0 Å². The number of nitrogens with zero attached hydrogens (tertiary/aromatic N) is 2. The van der Waals surface area contributed by atoms with Gasteiger partial charge in [-0.25, -0.2) is 0 Å². The van der Waals surface area contributed by atoms with Crippen LogP contribution < -0.4 is 5.32 Å². The van der Waals surface area contributed by atoms with Crippen LogP contribution >= 0.6 is 0 Å². The summed E-state index contributed by atoms with van der Waals surface area (Å²) < 4.78 is 0. The zero-order chi connectivity index (χ0) is 13.3. The van der Waals surface area contributed by atoms with Crippen molar-refractivity contribution in [2.24, 2.45) is 0 Å². The minimum absolute atomic E-state index is 0.585. The van der Waals surface area contributed by atoms with Gasteiger partial charge in [-0.2, -0.15) is 0 Å². The van der Waals surface area contributed by atoms with E-state index >= 15 is 0 Å². The Morgan fingerprint density at radius 3 is 2.06 bits per heavy atom. The molecular formula is C14H33N3. The van der Waals surface area contributed by atoms with Crippen molar-refractivity contribution < 1.29 is 0 Å². The van der Waals surface area contributed by atoms with Crippen molar-refractivity contribution in [1.82, 2.24) is 15.1 Å². The summed E-state index contributed by atoms with van der Waals surface area (Å²) in [6, 6.07) is 1.26. The van der Waals surface area contributed by atoms with Gasteiger partial charge in [-0.15, -0.1) is 0 Å². The van der Waals surface area contributed by atoms with Gasteiger partial charge in [0.05, 0.1) is 0 Å². The average molecular weight is 243 g/mol. The second kappa shape index (κ2) is 9.86. The first-order valence-corrected chi connectivity index (χ1v) is 7.13. The Morgan fingerprint density at radius 2 is 1.65 bits per heavy atom. The molecule has 3 heteroatoms. The summed E-state index contributed by atoms with van der Waals surface area (Å²) in [4.78, 5) is 4.90. The zero-order valence-corrected chi connectivity index (χ0v) is 12.8. The van der Waals surface area contributed by atoms with E-state index in [2.05, 4.69) is 56.9 Å². The van der Waals surface area contributed by atoms with E-state index in [0.29, 0.717) is 12.1 Å². The van der Waals surface area contributed by atoms with Crippen molar-refractivity contribution in [2.45, 2.75) is 52.6 Å². The maximum Gasteiger partial charge on any atom is 0.0218 e. The molecule has 17 heavy (non-hydrogen) atoms. The van der Waals surface area contributed by atoms with E-state index < -0.39 is 0 Å². The van der Waals surface area contributed by atoms with Crippen LogP contribution in [0.5, 0.6) is 0 Å². The van der Waals surface area contributed by atoms with Crippen LogP contribution in [-0.4, -0.2) is 62.2 Å². The molecule has 1 atom stereocenters. The predicted molar refractivity (Wildman–Crippen MR) is 77.6 cm³/mol. The number of hydrogen-bond donors (Lipinski definition) is 1. The Bertz CT molecular complexity index is 169. The third-order valence-corrected chi connectivity index (χ3v) is 3.09. The first kappa shape index (κ1) is 16.9. The molecule has 0 fully saturated rings. The Labute approximate surface area is 109 Å². The smallest absolute Gasteiger partial charge is 0.0218 e. The third kappa shape index (κ3) is 8.58. The molecule has 0 aromatic carbocycles. The van der Waals surface area contributed by atoms with Gasteiger partial charge in [-0.1, -0.05) is 27.7 Å². The second-order valence-corrected chi connectivity index (χ2v) is 5.46. The van der Waals surface area contributed by atoms with Gasteiger partial charge >= 0.3 is 0 Å². The van der Waals surface area contributed by atoms with Crippen molar-refractivity contribution in [2.75, 3.05) is 40.3 Å². The molecule has 0 spiro atoms. The number of rotatable bonds is 10. The Kier molecular flexibility index (Phi) is 9.79. The van der Waals surface area contributed by atoms with Crippen LogP contribution in [0.25, 0.3) is 0 Å². The van der Waals surface area contributed by atoms with E-state index in [-0.39, 0.29) is 0 Å². The lowest BCUT2D eigenvalue weighted by Crippen LogP contribution is -2.46. The highest BCUT2D eigenvalue weighted by molar-refractivity contribution is 4.74. The van der Waals surface area contributed by atoms with Crippen LogP contribution in [0.1, 0.15) is 40.5 Å². The topological polar surface area (TPSA) is 18.5 Å². The molecule has 0 saturated carbocycles. The SMILES string of the molecule is CCCN(CCN(C)C)C(CC)CNC(C)C. The average Bonchev–Trinajstić information content (AvgIpc) is 2.25. The quantitative estimate of drug-likeness (QED) is 0.633. The monoisotopic (exact) mass is 243 g/mol. The molecule has 1 N–H and O–H groups in total. The zero-order valence-electron chi connectivity index (χ0n) is 12.8. The van der Waals surface area contributed by atoms with Gasteiger partial charge in [0.2, 0.25) is 0 Å². The molecule has 0 saturated heterocycles. The summed E-state index contributed by atoms with van der Waals surface area (Å²) in [6.45, 7) is 13.7. The minimum atomic E-state index is 0.585. The first-order valence-electron chi connectivity index (χ1n) is 7.13. The summed E-state index contributed by atoms with van der Waals surface area (Å²) in [5.74, 6) is 0. The Morgan fingerprint density at radius 1 is 1.00 bits per heavy atom.